The first-order valence-electron chi connectivity index (χ1n) is 6.80. The van der Waals surface area contributed by atoms with Gasteiger partial charge >= 0.3 is 7.05 Å². The van der Waals surface area contributed by atoms with Crippen LogP contribution in [-0.4, -0.2) is 44.5 Å². The van der Waals surface area contributed by atoms with Crippen molar-refractivity contribution in [2.24, 2.45) is 0 Å². The van der Waals surface area contributed by atoms with E-state index >= 15 is 0 Å². The van der Waals surface area contributed by atoms with Crippen LogP contribution in [0.2, 0.25) is 6.82 Å². The molecule has 1 heterocycles. The lowest BCUT2D eigenvalue weighted by molar-refractivity contribution is 0.224. The molecule has 7 heteroatoms. The first-order chi connectivity index (χ1) is 9.40. The fourth-order valence-corrected chi connectivity index (χ4v) is 3.41. The zero-order chi connectivity index (χ0) is 14.8. The molecule has 0 amide bonds. The van der Waals surface area contributed by atoms with Crippen LogP contribution in [0.3, 0.4) is 0 Å². The molecule has 20 heavy (non-hydrogen) atoms. The van der Waals surface area contributed by atoms with Crippen molar-refractivity contribution in [1.29, 1.82) is 0 Å². The summed E-state index contributed by atoms with van der Waals surface area (Å²) in [7, 11) is -4.30. The largest absolute Gasteiger partial charge is 0.437 e. The van der Waals surface area contributed by atoms with Crippen LogP contribution in [0.15, 0.2) is 29.2 Å². The molecule has 1 aliphatic heterocycles. The van der Waals surface area contributed by atoms with Crippen molar-refractivity contribution >= 4 is 17.2 Å². The van der Waals surface area contributed by atoms with Crippen LogP contribution in [-0.2, 0) is 14.3 Å². The van der Waals surface area contributed by atoms with E-state index in [4.69, 9.17) is 4.18 Å². The zero-order valence-corrected chi connectivity index (χ0v) is 12.6. The van der Waals surface area contributed by atoms with Gasteiger partial charge in [-0.05, 0) is 45.3 Å². The van der Waals surface area contributed by atoms with E-state index in [1.165, 1.54) is 0 Å². The van der Waals surface area contributed by atoms with Crippen molar-refractivity contribution in [3.8, 4) is 0 Å². The third-order valence-corrected chi connectivity index (χ3v) is 4.92. The van der Waals surface area contributed by atoms with E-state index in [0.717, 1.165) is 24.9 Å². The topological polar surface area (TPSA) is 66.8 Å². The summed E-state index contributed by atoms with van der Waals surface area (Å²) in [6.07, 6.45) is 1.79. The van der Waals surface area contributed by atoms with Gasteiger partial charge in [-0.25, -0.2) is 0 Å². The fourth-order valence-electron chi connectivity index (χ4n) is 2.47. The standard InChI is InChI=1S/C13H20BNO4S/c1-11-5-7-13(8-6-11)20(17,18)19-10-12-4-3-9-15(12)14(2)16/h5-8,12,16H,3-4,9-10H2,1-2H3/t12-/m0/s1. The van der Waals surface area contributed by atoms with Gasteiger partial charge in [0.1, 0.15) is 0 Å². The number of hydrogen-bond acceptors (Lipinski definition) is 5. The number of benzene rings is 1. The van der Waals surface area contributed by atoms with Crippen LogP contribution in [0.1, 0.15) is 18.4 Å². The van der Waals surface area contributed by atoms with Crippen molar-refractivity contribution in [3.63, 3.8) is 0 Å². The highest BCUT2D eigenvalue weighted by atomic mass is 32.2. The van der Waals surface area contributed by atoms with Crippen molar-refractivity contribution in [2.45, 2.75) is 37.5 Å². The van der Waals surface area contributed by atoms with Crippen molar-refractivity contribution in [1.82, 2.24) is 4.81 Å². The molecule has 110 valence electrons. The average molecular weight is 297 g/mol. The van der Waals surface area contributed by atoms with Crippen molar-refractivity contribution in [3.05, 3.63) is 29.8 Å². The molecule has 1 N–H and O–H groups in total. The molecule has 1 aromatic rings. The molecule has 0 spiro atoms. The minimum Gasteiger partial charge on any atom is -0.437 e. The third-order valence-electron chi connectivity index (χ3n) is 3.63. The molecule has 0 aromatic heterocycles. The summed E-state index contributed by atoms with van der Waals surface area (Å²) in [5.74, 6) is 0. The monoisotopic (exact) mass is 297 g/mol. The predicted octanol–water partition coefficient (Wildman–Crippen LogP) is 1.28. The molecular formula is C13H20BNO4S. The smallest absolute Gasteiger partial charge is 0.376 e. The molecule has 0 radical (unpaired) electrons. The second-order valence-electron chi connectivity index (χ2n) is 5.22. The maximum atomic E-state index is 12.1. The first kappa shape index (κ1) is 15.5. The van der Waals surface area contributed by atoms with E-state index in [2.05, 4.69) is 0 Å². The lowest BCUT2D eigenvalue weighted by Crippen LogP contribution is -2.43. The van der Waals surface area contributed by atoms with Gasteiger partial charge in [-0.3, -0.25) is 4.18 Å². The maximum Gasteiger partial charge on any atom is 0.376 e. The van der Waals surface area contributed by atoms with E-state index in [0.29, 0.717) is 0 Å². The van der Waals surface area contributed by atoms with Crippen LogP contribution in [0.25, 0.3) is 0 Å². The van der Waals surface area contributed by atoms with Gasteiger partial charge in [0.25, 0.3) is 10.1 Å². The molecule has 5 nitrogen and oxygen atoms in total. The quantitative estimate of drug-likeness (QED) is 0.655. The second-order valence-corrected chi connectivity index (χ2v) is 6.83. The number of nitrogens with zero attached hydrogens (tertiary/aromatic N) is 1. The summed E-state index contributed by atoms with van der Waals surface area (Å²) < 4.78 is 29.3. The Morgan fingerprint density at radius 3 is 2.65 bits per heavy atom. The van der Waals surface area contributed by atoms with Crippen LogP contribution in [0.4, 0.5) is 0 Å². The molecule has 2 rings (SSSR count). The summed E-state index contributed by atoms with van der Waals surface area (Å²) >= 11 is 0. The molecule has 0 unspecified atom stereocenters. The van der Waals surface area contributed by atoms with Gasteiger partial charge in [-0.2, -0.15) is 8.42 Å². The van der Waals surface area contributed by atoms with E-state index in [9.17, 15) is 13.4 Å². The molecule has 1 aromatic carbocycles. The molecule has 1 saturated heterocycles. The highest BCUT2D eigenvalue weighted by Crippen LogP contribution is 2.20. The number of aryl methyl sites for hydroxylation is 1. The summed E-state index contributed by atoms with van der Waals surface area (Å²) in [5, 5.41) is 9.62. The van der Waals surface area contributed by atoms with E-state index in [1.54, 1.807) is 31.1 Å². The van der Waals surface area contributed by atoms with Crippen molar-refractivity contribution in [2.75, 3.05) is 13.2 Å². The first-order valence-corrected chi connectivity index (χ1v) is 8.21. The Morgan fingerprint density at radius 1 is 1.40 bits per heavy atom. The molecule has 1 atom stereocenters. The minimum absolute atomic E-state index is 0.0461. The summed E-state index contributed by atoms with van der Waals surface area (Å²) in [6, 6.07) is 6.54. The molecular weight excluding hydrogens is 277 g/mol. The minimum atomic E-state index is -3.72. The van der Waals surface area contributed by atoms with Gasteiger partial charge in [0, 0.05) is 6.04 Å². The van der Waals surface area contributed by atoms with Gasteiger partial charge in [-0.1, -0.05) is 17.7 Å². The second kappa shape index (κ2) is 6.26. The van der Waals surface area contributed by atoms with Gasteiger partial charge < -0.3 is 9.83 Å². The Hall–Kier alpha value is -0.885. The number of rotatable bonds is 5. The van der Waals surface area contributed by atoms with Crippen molar-refractivity contribution < 1.29 is 17.6 Å². The van der Waals surface area contributed by atoms with Gasteiger partial charge in [0.2, 0.25) is 0 Å². The Labute approximate surface area is 120 Å². The lowest BCUT2D eigenvalue weighted by atomic mass is 9.84. The Kier molecular flexibility index (Phi) is 4.85. The molecule has 1 fully saturated rings. The van der Waals surface area contributed by atoms with Crippen LogP contribution >= 0.6 is 0 Å². The fraction of sp³-hybridized carbons (Fsp3) is 0.538. The van der Waals surface area contributed by atoms with Crippen LogP contribution in [0, 0.1) is 6.92 Å². The molecule has 0 bridgehead atoms. The zero-order valence-electron chi connectivity index (χ0n) is 11.8. The third kappa shape index (κ3) is 3.60. The van der Waals surface area contributed by atoms with Crippen LogP contribution < -0.4 is 0 Å². The SMILES string of the molecule is CB(O)N1CCC[C@H]1COS(=O)(=O)c1ccc(C)cc1. The van der Waals surface area contributed by atoms with Crippen LogP contribution in [0.5, 0.6) is 0 Å². The summed E-state index contributed by atoms with van der Waals surface area (Å²) in [5.41, 5.74) is 1.00. The van der Waals surface area contributed by atoms with E-state index in [-0.39, 0.29) is 17.5 Å². The van der Waals surface area contributed by atoms with E-state index in [1.807, 2.05) is 11.7 Å². The van der Waals surface area contributed by atoms with E-state index < -0.39 is 17.2 Å². The molecule has 0 saturated carbocycles. The summed E-state index contributed by atoms with van der Waals surface area (Å²) in [6.45, 7) is 4.44. The Balaban J connectivity index is 2.01. The Bertz CT molecular complexity index is 544. The lowest BCUT2D eigenvalue weighted by Gasteiger charge is -2.24. The predicted molar refractivity (Wildman–Crippen MR) is 77.9 cm³/mol. The van der Waals surface area contributed by atoms with Gasteiger partial charge in [0.15, 0.2) is 0 Å². The van der Waals surface area contributed by atoms with Gasteiger partial charge in [-0.15, -0.1) is 0 Å². The average Bonchev–Trinajstić information content (AvgIpc) is 2.85. The molecule has 0 aliphatic carbocycles. The number of hydrogen-bond donors (Lipinski definition) is 1. The molecule has 1 aliphatic rings. The summed E-state index contributed by atoms with van der Waals surface area (Å²) in [4.78, 5) is 2.04. The highest BCUT2D eigenvalue weighted by molar-refractivity contribution is 7.86. The van der Waals surface area contributed by atoms with Gasteiger partial charge in [0.05, 0.1) is 11.5 Å². The highest BCUT2D eigenvalue weighted by Gasteiger charge is 2.31. The Morgan fingerprint density at radius 2 is 2.05 bits per heavy atom. The maximum absolute atomic E-state index is 12.1. The normalized spacial score (nSPS) is 20.2.